The van der Waals surface area contributed by atoms with E-state index in [4.69, 9.17) is 9.47 Å². The Kier molecular flexibility index (Phi) is 9.02. The Bertz CT molecular complexity index is 1560. The molecule has 0 unspecified atom stereocenters. The quantitative estimate of drug-likeness (QED) is 0.335. The number of pyridine rings is 1. The number of nitrogens with one attached hydrogen (secondary N) is 1. The smallest absolute Gasteiger partial charge is 0.416 e. The summed E-state index contributed by atoms with van der Waals surface area (Å²) in [5.41, 5.74) is -3.34. The second-order valence-corrected chi connectivity index (χ2v) is 14.5. The third-order valence-corrected chi connectivity index (χ3v) is 9.88. The molecule has 1 aromatic heterocycles. The Labute approximate surface area is 270 Å². The first-order chi connectivity index (χ1) is 21.7. The van der Waals surface area contributed by atoms with Crippen molar-refractivity contribution in [3.8, 4) is 5.88 Å². The first-order valence-corrected chi connectivity index (χ1v) is 16.1. The van der Waals surface area contributed by atoms with Crippen LogP contribution in [0.3, 0.4) is 0 Å². The number of Topliss-reactive ketones (excluding diaryl/α,β-unsaturated/α-hetero) is 1. The molecule has 6 atom stereocenters. The number of ketones is 1. The van der Waals surface area contributed by atoms with Crippen molar-refractivity contribution in [2.24, 2.45) is 17.3 Å². The standard InChI is InChI=1S/C34H42F5N3O5/c1-7-22-25-17-42(26(22)18(2)43)29(44)27(31(3,4)5)41-30(45)47-32(6)16-21(32)10-8-9-13-33(35,36)23-14-19-11-12-20(34(37,38)39)15-24(19)40-28(23)46-25/h11-12,14-15,21-22,25-27H,7-10,13,16-17H2,1-6H3,(H,41,45)/t21-,22-,25+,26-,27-,32-/m1/s1. The van der Waals surface area contributed by atoms with Crippen molar-refractivity contribution in [3.63, 3.8) is 0 Å². The van der Waals surface area contributed by atoms with Crippen molar-refractivity contribution in [2.75, 3.05) is 6.54 Å². The molecule has 0 spiro atoms. The number of alkyl halides is 5. The normalized spacial score (nSPS) is 30.3. The maximum absolute atomic E-state index is 16.0. The van der Waals surface area contributed by atoms with Crippen molar-refractivity contribution in [1.29, 1.82) is 0 Å². The summed E-state index contributed by atoms with van der Waals surface area (Å²) < 4.78 is 84.7. The van der Waals surface area contributed by atoms with Crippen molar-refractivity contribution in [2.45, 2.75) is 116 Å². The minimum absolute atomic E-state index is 0.0413. The molecular formula is C34H42F5N3O5. The monoisotopic (exact) mass is 667 g/mol. The molecule has 8 nitrogen and oxygen atoms in total. The van der Waals surface area contributed by atoms with Gasteiger partial charge in [0.15, 0.2) is 5.78 Å². The highest BCUT2D eigenvalue weighted by atomic mass is 19.4. The number of halogens is 5. The third kappa shape index (κ3) is 7.04. The summed E-state index contributed by atoms with van der Waals surface area (Å²) in [4.78, 5) is 45.9. The van der Waals surface area contributed by atoms with Crippen LogP contribution in [-0.2, 0) is 26.4 Å². The number of nitrogens with zero attached hydrogens (tertiary/aromatic N) is 2. The highest BCUT2D eigenvalue weighted by molar-refractivity contribution is 5.92. The van der Waals surface area contributed by atoms with E-state index in [0.29, 0.717) is 25.7 Å². The number of benzene rings is 1. The SMILES string of the molecule is CC[C@@H]1[C@@H]2CN(C(=O)[C@H](C(C)(C)C)NC(=O)O[C@]3(C)C[C@H]3CCCCC(F)(F)c3cc4ccc(C(F)(F)F)cc4nc3O2)[C@@H]1C(C)=O. The van der Waals surface area contributed by atoms with Crippen molar-refractivity contribution < 1.29 is 45.8 Å². The zero-order valence-electron chi connectivity index (χ0n) is 27.5. The van der Waals surface area contributed by atoms with Crippen LogP contribution in [0.25, 0.3) is 10.9 Å². The Morgan fingerprint density at radius 3 is 2.45 bits per heavy atom. The minimum Gasteiger partial charge on any atom is -0.472 e. The lowest BCUT2D eigenvalue weighted by atomic mass is 9.85. The molecule has 1 aliphatic carbocycles. The van der Waals surface area contributed by atoms with Gasteiger partial charge < -0.3 is 19.7 Å². The van der Waals surface area contributed by atoms with Gasteiger partial charge in [0.05, 0.1) is 29.2 Å². The summed E-state index contributed by atoms with van der Waals surface area (Å²) >= 11 is 0. The van der Waals surface area contributed by atoms with Crippen LogP contribution in [0.15, 0.2) is 24.3 Å². The van der Waals surface area contributed by atoms with Crippen LogP contribution in [-0.4, -0.2) is 58.0 Å². The third-order valence-electron chi connectivity index (χ3n) is 9.88. The number of amides is 2. The van der Waals surface area contributed by atoms with E-state index in [1.54, 1.807) is 34.6 Å². The summed E-state index contributed by atoms with van der Waals surface area (Å²) in [7, 11) is 0. The van der Waals surface area contributed by atoms with Crippen LogP contribution in [0, 0.1) is 17.3 Å². The number of carbonyl (C=O) groups is 3. The Hall–Kier alpha value is -3.51. The maximum atomic E-state index is 16.0. The molecule has 1 saturated carbocycles. The fourth-order valence-corrected chi connectivity index (χ4v) is 7.07. The molecule has 2 fully saturated rings. The molecule has 5 rings (SSSR count). The predicted molar refractivity (Wildman–Crippen MR) is 163 cm³/mol. The lowest BCUT2D eigenvalue weighted by Gasteiger charge is -2.35. The minimum atomic E-state index is -4.68. The van der Waals surface area contributed by atoms with Gasteiger partial charge in [0.25, 0.3) is 5.92 Å². The Balaban J connectivity index is 1.62. The molecule has 2 amide bonds. The van der Waals surface area contributed by atoms with Crippen LogP contribution >= 0.6 is 0 Å². The summed E-state index contributed by atoms with van der Waals surface area (Å²) in [6.45, 7) is 9.94. The first-order valence-electron chi connectivity index (χ1n) is 16.1. The van der Waals surface area contributed by atoms with Crippen LogP contribution in [0.1, 0.15) is 91.2 Å². The number of hydrogen-bond acceptors (Lipinski definition) is 6. The van der Waals surface area contributed by atoms with Crippen molar-refractivity contribution in [1.82, 2.24) is 15.2 Å². The van der Waals surface area contributed by atoms with E-state index in [0.717, 1.165) is 24.3 Å². The molecule has 258 valence electrons. The maximum Gasteiger partial charge on any atom is 0.416 e. The predicted octanol–water partition coefficient (Wildman–Crippen LogP) is 7.41. The molecule has 2 bridgehead atoms. The molecule has 1 N–H and O–H groups in total. The fraction of sp³-hybridized carbons (Fsp3) is 0.647. The van der Waals surface area contributed by atoms with Crippen LogP contribution in [0.5, 0.6) is 5.88 Å². The Morgan fingerprint density at radius 1 is 1.13 bits per heavy atom. The van der Waals surface area contributed by atoms with E-state index in [2.05, 4.69) is 10.3 Å². The zero-order valence-corrected chi connectivity index (χ0v) is 27.5. The van der Waals surface area contributed by atoms with Crippen LogP contribution in [0.4, 0.5) is 26.7 Å². The molecule has 1 saturated heterocycles. The largest absolute Gasteiger partial charge is 0.472 e. The van der Waals surface area contributed by atoms with Gasteiger partial charge in [-0.3, -0.25) is 9.59 Å². The number of hydrogen-bond donors (Lipinski definition) is 1. The van der Waals surface area contributed by atoms with E-state index in [1.807, 2.05) is 0 Å². The molecule has 3 heterocycles. The highest BCUT2D eigenvalue weighted by Crippen LogP contribution is 2.50. The Morgan fingerprint density at radius 2 is 1.83 bits per heavy atom. The van der Waals surface area contributed by atoms with Crippen LogP contribution in [0.2, 0.25) is 0 Å². The van der Waals surface area contributed by atoms with Crippen molar-refractivity contribution in [3.05, 3.63) is 35.4 Å². The molecular weight excluding hydrogens is 625 g/mol. The molecule has 13 heteroatoms. The van der Waals surface area contributed by atoms with E-state index in [9.17, 15) is 27.6 Å². The van der Waals surface area contributed by atoms with Gasteiger partial charge in [0.1, 0.15) is 17.7 Å². The molecule has 47 heavy (non-hydrogen) atoms. The number of alkyl carbamates (subject to hydrolysis) is 1. The molecule has 0 radical (unpaired) electrons. The first kappa shape index (κ1) is 34.8. The lowest BCUT2D eigenvalue weighted by Crippen LogP contribution is -2.57. The molecule has 1 aromatic carbocycles. The second-order valence-electron chi connectivity index (χ2n) is 14.5. The average Bonchev–Trinajstić information content (AvgIpc) is 3.43. The summed E-state index contributed by atoms with van der Waals surface area (Å²) in [5, 5.41) is 2.82. The van der Waals surface area contributed by atoms with Gasteiger partial charge in [-0.25, -0.2) is 18.6 Å². The number of ether oxygens (including phenoxy) is 2. The van der Waals surface area contributed by atoms with Crippen molar-refractivity contribution >= 4 is 28.7 Å². The molecule has 2 aromatic rings. The highest BCUT2D eigenvalue weighted by Gasteiger charge is 2.55. The van der Waals surface area contributed by atoms with Gasteiger partial charge >= 0.3 is 12.3 Å². The number of fused-ring (bicyclic) bond motifs is 5. The van der Waals surface area contributed by atoms with Gasteiger partial charge in [-0.05, 0) is 63.1 Å². The van der Waals surface area contributed by atoms with Crippen LogP contribution < -0.4 is 10.1 Å². The average molecular weight is 668 g/mol. The van der Waals surface area contributed by atoms with Gasteiger partial charge in [-0.2, -0.15) is 13.2 Å². The number of carbonyl (C=O) groups excluding carboxylic acids is 3. The molecule has 2 aliphatic heterocycles. The number of rotatable bonds is 2. The van der Waals surface area contributed by atoms with Gasteiger partial charge in [-0.1, -0.05) is 40.2 Å². The summed E-state index contributed by atoms with van der Waals surface area (Å²) in [6.07, 6.45) is -5.09. The summed E-state index contributed by atoms with van der Waals surface area (Å²) in [6, 6.07) is 1.72. The number of aromatic nitrogens is 1. The van der Waals surface area contributed by atoms with Gasteiger partial charge in [0, 0.05) is 23.6 Å². The lowest BCUT2D eigenvalue weighted by molar-refractivity contribution is -0.141. The fourth-order valence-electron chi connectivity index (χ4n) is 7.07. The summed E-state index contributed by atoms with van der Waals surface area (Å²) in [5.74, 6) is -5.62. The molecule has 3 aliphatic rings. The van der Waals surface area contributed by atoms with Gasteiger partial charge in [0.2, 0.25) is 11.8 Å². The van der Waals surface area contributed by atoms with E-state index in [-0.39, 0.29) is 35.6 Å². The van der Waals surface area contributed by atoms with Gasteiger partial charge in [-0.15, -0.1) is 0 Å². The van der Waals surface area contributed by atoms with E-state index >= 15 is 8.78 Å². The topological polar surface area (TPSA) is 97.8 Å². The van der Waals surface area contributed by atoms with E-state index in [1.165, 1.54) is 11.8 Å². The second kappa shape index (κ2) is 12.2. The van der Waals surface area contributed by atoms with E-state index < -0.39 is 82.6 Å². The zero-order chi connectivity index (χ0) is 34.7.